The molecule has 0 aliphatic heterocycles. The van der Waals surface area contributed by atoms with Crippen LogP contribution in [0.4, 0.5) is 22.9 Å². The second-order valence-corrected chi connectivity index (χ2v) is 6.65. The molecule has 0 aliphatic rings. The highest BCUT2D eigenvalue weighted by atomic mass is 16.2. The molecule has 2 aromatic heterocycles. The maximum Gasteiger partial charge on any atom is 0.257 e. The van der Waals surface area contributed by atoms with Gasteiger partial charge in [0.05, 0.1) is 16.8 Å². The van der Waals surface area contributed by atoms with Crippen LogP contribution in [-0.2, 0) is 4.79 Å². The molecule has 0 bridgehead atoms. The van der Waals surface area contributed by atoms with Gasteiger partial charge in [-0.25, -0.2) is 4.98 Å². The number of anilines is 4. The molecule has 0 saturated carbocycles. The van der Waals surface area contributed by atoms with E-state index in [9.17, 15) is 9.59 Å². The Morgan fingerprint density at radius 2 is 1.57 bits per heavy atom. The van der Waals surface area contributed by atoms with Crippen molar-refractivity contribution < 1.29 is 9.59 Å². The van der Waals surface area contributed by atoms with Crippen LogP contribution >= 0.6 is 0 Å². The van der Waals surface area contributed by atoms with Gasteiger partial charge in [0.25, 0.3) is 5.91 Å². The number of fused-ring (bicyclic) bond motifs is 1. The maximum atomic E-state index is 12.6. The van der Waals surface area contributed by atoms with E-state index in [4.69, 9.17) is 0 Å². The molecule has 0 spiro atoms. The van der Waals surface area contributed by atoms with E-state index in [0.29, 0.717) is 17.1 Å². The number of pyridine rings is 2. The Hall–Kier alpha value is -4.26. The quantitative estimate of drug-likeness (QED) is 0.458. The average molecular weight is 397 g/mol. The van der Waals surface area contributed by atoms with E-state index in [1.54, 1.807) is 30.5 Å². The number of carbonyl (C=O) groups is 2. The van der Waals surface area contributed by atoms with Crippen molar-refractivity contribution in [2.45, 2.75) is 6.92 Å². The highest BCUT2D eigenvalue weighted by molar-refractivity contribution is 6.08. The molecule has 148 valence electrons. The number of rotatable bonds is 5. The van der Waals surface area contributed by atoms with Gasteiger partial charge in [0.1, 0.15) is 5.82 Å². The minimum atomic E-state index is -0.258. The predicted octanol–water partition coefficient (Wildman–Crippen LogP) is 4.58. The van der Waals surface area contributed by atoms with Gasteiger partial charge in [-0.2, -0.15) is 0 Å². The van der Waals surface area contributed by atoms with Crippen LogP contribution in [0, 0.1) is 0 Å². The lowest BCUT2D eigenvalue weighted by molar-refractivity contribution is -0.114. The summed E-state index contributed by atoms with van der Waals surface area (Å²) >= 11 is 0. The van der Waals surface area contributed by atoms with Gasteiger partial charge in [-0.1, -0.05) is 18.2 Å². The number of carbonyl (C=O) groups excluding carboxylic acids is 2. The Labute approximate surface area is 173 Å². The van der Waals surface area contributed by atoms with Gasteiger partial charge in [0, 0.05) is 36.1 Å². The zero-order valence-corrected chi connectivity index (χ0v) is 16.2. The van der Waals surface area contributed by atoms with Crippen molar-refractivity contribution in [2.75, 3.05) is 16.0 Å². The fourth-order valence-corrected chi connectivity index (χ4v) is 2.99. The predicted molar refractivity (Wildman–Crippen MR) is 118 cm³/mol. The summed E-state index contributed by atoms with van der Waals surface area (Å²) < 4.78 is 0. The van der Waals surface area contributed by atoms with E-state index in [1.165, 1.54) is 13.1 Å². The normalized spacial score (nSPS) is 10.4. The number of para-hydroxylation sites is 1. The molecule has 4 aromatic rings. The number of amides is 2. The van der Waals surface area contributed by atoms with Gasteiger partial charge in [0.15, 0.2) is 0 Å². The van der Waals surface area contributed by atoms with Gasteiger partial charge in [-0.15, -0.1) is 0 Å². The summed E-state index contributed by atoms with van der Waals surface area (Å²) in [5, 5.41) is 9.73. The highest BCUT2D eigenvalue weighted by Crippen LogP contribution is 2.22. The molecule has 0 atom stereocenters. The minimum Gasteiger partial charge on any atom is -0.340 e. The Morgan fingerprint density at radius 1 is 0.800 bits per heavy atom. The molecule has 0 unspecified atom stereocenters. The first-order valence-electron chi connectivity index (χ1n) is 9.34. The lowest BCUT2D eigenvalue weighted by Crippen LogP contribution is -2.12. The number of nitrogens with one attached hydrogen (secondary N) is 3. The number of nitrogens with zero attached hydrogens (tertiary/aromatic N) is 2. The van der Waals surface area contributed by atoms with E-state index in [1.807, 2.05) is 42.5 Å². The first kappa shape index (κ1) is 19.1. The van der Waals surface area contributed by atoms with E-state index in [2.05, 4.69) is 25.9 Å². The molecule has 0 fully saturated rings. The lowest BCUT2D eigenvalue weighted by atomic mass is 10.2. The van der Waals surface area contributed by atoms with Crippen molar-refractivity contribution in [3.63, 3.8) is 0 Å². The number of benzene rings is 2. The highest BCUT2D eigenvalue weighted by Gasteiger charge is 2.10. The molecule has 30 heavy (non-hydrogen) atoms. The summed E-state index contributed by atoms with van der Waals surface area (Å²) in [5.41, 5.74) is 3.36. The van der Waals surface area contributed by atoms with Crippen molar-refractivity contribution in [2.24, 2.45) is 0 Å². The second kappa shape index (κ2) is 8.40. The molecule has 2 aromatic carbocycles. The lowest BCUT2D eigenvalue weighted by Gasteiger charge is -2.09. The Bertz CT molecular complexity index is 1200. The van der Waals surface area contributed by atoms with Gasteiger partial charge < -0.3 is 16.0 Å². The summed E-state index contributed by atoms with van der Waals surface area (Å²) in [6.07, 6.45) is 3.21. The molecule has 4 rings (SSSR count). The van der Waals surface area contributed by atoms with Gasteiger partial charge >= 0.3 is 0 Å². The first-order chi connectivity index (χ1) is 14.6. The summed E-state index contributed by atoms with van der Waals surface area (Å²) in [5.74, 6) is 0.225. The fraction of sp³-hybridized carbons (Fsp3) is 0.0435. The summed E-state index contributed by atoms with van der Waals surface area (Å²) in [7, 11) is 0. The molecular formula is C23H19N5O2. The Kier molecular flexibility index (Phi) is 5.34. The van der Waals surface area contributed by atoms with Crippen molar-refractivity contribution in [1.29, 1.82) is 0 Å². The third-order valence-corrected chi connectivity index (χ3v) is 4.38. The van der Waals surface area contributed by atoms with Crippen molar-refractivity contribution in [3.8, 4) is 0 Å². The van der Waals surface area contributed by atoms with E-state index >= 15 is 0 Å². The molecule has 7 nitrogen and oxygen atoms in total. The fourth-order valence-electron chi connectivity index (χ4n) is 2.99. The molecule has 7 heteroatoms. The zero-order chi connectivity index (χ0) is 20.9. The van der Waals surface area contributed by atoms with Crippen LogP contribution in [0.5, 0.6) is 0 Å². The Morgan fingerprint density at radius 3 is 2.30 bits per heavy atom. The van der Waals surface area contributed by atoms with E-state index in [-0.39, 0.29) is 11.8 Å². The zero-order valence-electron chi connectivity index (χ0n) is 16.2. The summed E-state index contributed by atoms with van der Waals surface area (Å²) in [4.78, 5) is 32.4. The van der Waals surface area contributed by atoms with Crippen molar-refractivity contribution in [3.05, 3.63) is 84.7 Å². The SMILES string of the molecule is CC(=O)Nc1ccc(Nc2ccc(C(=O)Nc3cccc4cccnc34)cn2)cc1. The first-order valence-corrected chi connectivity index (χ1v) is 9.34. The van der Waals surface area contributed by atoms with Crippen LogP contribution in [0.2, 0.25) is 0 Å². The number of hydrogen-bond acceptors (Lipinski definition) is 5. The minimum absolute atomic E-state index is 0.120. The van der Waals surface area contributed by atoms with Gasteiger partial charge in [-0.3, -0.25) is 14.6 Å². The molecule has 2 heterocycles. The van der Waals surface area contributed by atoms with Gasteiger partial charge in [-0.05, 0) is 48.5 Å². The Balaban J connectivity index is 1.44. The maximum absolute atomic E-state index is 12.6. The third-order valence-electron chi connectivity index (χ3n) is 4.38. The molecule has 0 aliphatic carbocycles. The smallest absolute Gasteiger partial charge is 0.257 e. The average Bonchev–Trinajstić information content (AvgIpc) is 2.75. The number of hydrogen-bond donors (Lipinski definition) is 3. The molecular weight excluding hydrogens is 378 g/mol. The topological polar surface area (TPSA) is 96.0 Å². The standard InChI is InChI=1S/C23H19N5O2/c1-15(29)26-18-8-10-19(11-9-18)27-21-12-7-17(14-25-21)23(30)28-20-6-2-4-16-5-3-13-24-22(16)20/h2-14H,1H3,(H,25,27)(H,26,29)(H,28,30). The summed E-state index contributed by atoms with van der Waals surface area (Å²) in [6.45, 7) is 1.46. The van der Waals surface area contributed by atoms with Crippen LogP contribution in [-0.4, -0.2) is 21.8 Å². The van der Waals surface area contributed by atoms with Crippen molar-refractivity contribution in [1.82, 2.24) is 9.97 Å². The van der Waals surface area contributed by atoms with Crippen LogP contribution in [0.3, 0.4) is 0 Å². The largest absolute Gasteiger partial charge is 0.340 e. The molecule has 2 amide bonds. The molecule has 3 N–H and O–H groups in total. The second-order valence-electron chi connectivity index (χ2n) is 6.65. The molecule has 0 saturated heterocycles. The molecule has 0 radical (unpaired) electrons. The van der Waals surface area contributed by atoms with Crippen LogP contribution < -0.4 is 16.0 Å². The van der Waals surface area contributed by atoms with E-state index in [0.717, 1.165) is 22.3 Å². The third kappa shape index (κ3) is 4.41. The van der Waals surface area contributed by atoms with Crippen LogP contribution in [0.15, 0.2) is 79.1 Å². The number of aromatic nitrogens is 2. The van der Waals surface area contributed by atoms with Gasteiger partial charge in [0.2, 0.25) is 5.91 Å². The monoisotopic (exact) mass is 397 g/mol. The van der Waals surface area contributed by atoms with Crippen LogP contribution in [0.1, 0.15) is 17.3 Å². The van der Waals surface area contributed by atoms with E-state index < -0.39 is 0 Å². The summed E-state index contributed by atoms with van der Waals surface area (Å²) in [6, 6.07) is 20.1. The van der Waals surface area contributed by atoms with Crippen molar-refractivity contribution >= 4 is 45.6 Å². The van der Waals surface area contributed by atoms with Crippen LogP contribution in [0.25, 0.3) is 10.9 Å².